The van der Waals surface area contributed by atoms with Gasteiger partial charge in [-0.2, -0.15) is 0 Å². The molecular formula is C27H29FN4O4S. The largest absolute Gasteiger partial charge is 0.361 e. The Balaban J connectivity index is 1.62. The SMILES string of the molecule is CC(C)(C)c1ccc(C(=O)NC2(F)C=C(NS(C)(=O)=O)C=CC2C(=O)Nc2ccc3cc[nH]c3c2)cc1. The van der Waals surface area contributed by atoms with E-state index in [1.165, 1.54) is 12.2 Å². The van der Waals surface area contributed by atoms with Gasteiger partial charge in [-0.15, -0.1) is 0 Å². The van der Waals surface area contributed by atoms with Crippen molar-refractivity contribution in [1.82, 2.24) is 15.0 Å². The van der Waals surface area contributed by atoms with E-state index in [0.717, 1.165) is 28.8 Å². The molecule has 2 unspecified atom stereocenters. The number of rotatable bonds is 6. The van der Waals surface area contributed by atoms with E-state index in [2.05, 4.69) is 20.3 Å². The zero-order valence-corrected chi connectivity index (χ0v) is 21.7. The molecule has 1 aromatic heterocycles. The van der Waals surface area contributed by atoms with Gasteiger partial charge in [0.2, 0.25) is 21.7 Å². The number of amides is 2. The summed E-state index contributed by atoms with van der Waals surface area (Å²) >= 11 is 0. The molecule has 4 rings (SSSR count). The molecular weight excluding hydrogens is 495 g/mol. The molecule has 0 fully saturated rings. The summed E-state index contributed by atoms with van der Waals surface area (Å²) in [6.45, 7) is 6.10. The van der Waals surface area contributed by atoms with Crippen LogP contribution in [0, 0.1) is 5.92 Å². The fourth-order valence-corrected chi connectivity index (χ4v) is 4.64. The predicted molar refractivity (Wildman–Crippen MR) is 142 cm³/mol. The lowest BCUT2D eigenvalue weighted by atomic mass is 9.86. The fourth-order valence-electron chi connectivity index (χ4n) is 4.09. The van der Waals surface area contributed by atoms with E-state index in [-0.39, 0.29) is 16.7 Å². The first-order chi connectivity index (χ1) is 17.2. The first-order valence-electron chi connectivity index (χ1n) is 11.6. The second-order valence-corrected chi connectivity index (χ2v) is 11.9. The Morgan fingerprint density at radius 1 is 1.05 bits per heavy atom. The average Bonchev–Trinajstić information content (AvgIpc) is 3.25. The number of hydrogen-bond acceptors (Lipinski definition) is 4. The predicted octanol–water partition coefficient (Wildman–Crippen LogP) is 4.12. The number of fused-ring (bicyclic) bond motifs is 1. The highest BCUT2D eigenvalue weighted by Crippen LogP contribution is 2.31. The average molecular weight is 525 g/mol. The topological polar surface area (TPSA) is 120 Å². The maximum Gasteiger partial charge on any atom is 0.253 e. The van der Waals surface area contributed by atoms with Gasteiger partial charge in [0.25, 0.3) is 5.91 Å². The minimum absolute atomic E-state index is 0.106. The molecule has 1 aliphatic rings. The van der Waals surface area contributed by atoms with Gasteiger partial charge in [0.1, 0.15) is 5.92 Å². The Labute approximate surface area is 215 Å². The van der Waals surface area contributed by atoms with Gasteiger partial charge >= 0.3 is 0 Å². The Morgan fingerprint density at radius 3 is 2.41 bits per heavy atom. The number of H-pyrrole nitrogens is 1. The van der Waals surface area contributed by atoms with Gasteiger partial charge < -0.3 is 15.6 Å². The molecule has 2 atom stereocenters. The van der Waals surface area contributed by atoms with E-state index >= 15 is 4.39 Å². The number of halogens is 1. The van der Waals surface area contributed by atoms with Crippen LogP contribution in [0.3, 0.4) is 0 Å². The van der Waals surface area contributed by atoms with Crippen molar-refractivity contribution in [2.24, 2.45) is 5.92 Å². The number of carbonyl (C=O) groups is 2. The first kappa shape index (κ1) is 26.2. The minimum atomic E-state index is -3.73. The summed E-state index contributed by atoms with van der Waals surface area (Å²) in [6, 6.07) is 13.8. The third-order valence-electron chi connectivity index (χ3n) is 6.01. The number of hydrogen-bond donors (Lipinski definition) is 4. The normalized spacial score (nSPS) is 19.8. The first-order valence-corrected chi connectivity index (χ1v) is 13.5. The van der Waals surface area contributed by atoms with Crippen LogP contribution in [0.4, 0.5) is 10.1 Å². The van der Waals surface area contributed by atoms with Crippen LogP contribution in [-0.4, -0.2) is 37.3 Å². The maximum atomic E-state index is 16.5. The number of sulfonamides is 1. The van der Waals surface area contributed by atoms with E-state index in [4.69, 9.17) is 0 Å². The molecule has 0 saturated heterocycles. The summed E-state index contributed by atoms with van der Waals surface area (Å²) in [4.78, 5) is 29.3. The van der Waals surface area contributed by atoms with E-state index in [1.54, 1.807) is 48.7 Å². The highest BCUT2D eigenvalue weighted by atomic mass is 32.2. The number of aromatic nitrogens is 1. The van der Waals surface area contributed by atoms with Crippen molar-refractivity contribution in [3.63, 3.8) is 0 Å². The van der Waals surface area contributed by atoms with Crippen molar-refractivity contribution in [2.45, 2.75) is 32.0 Å². The van der Waals surface area contributed by atoms with Gasteiger partial charge in [0.15, 0.2) is 0 Å². The zero-order chi connectivity index (χ0) is 27.0. The van der Waals surface area contributed by atoms with E-state index in [1.807, 2.05) is 26.8 Å². The van der Waals surface area contributed by atoms with Crippen molar-refractivity contribution < 1.29 is 22.4 Å². The summed E-state index contributed by atoms with van der Waals surface area (Å²) in [5.74, 6) is -5.67. The third-order valence-corrected chi connectivity index (χ3v) is 6.62. The molecule has 3 aromatic rings. The quantitative estimate of drug-likeness (QED) is 0.363. The summed E-state index contributed by atoms with van der Waals surface area (Å²) in [5, 5.41) is 5.92. The van der Waals surface area contributed by atoms with Crippen LogP contribution < -0.4 is 15.4 Å². The van der Waals surface area contributed by atoms with Crippen LogP contribution in [0.2, 0.25) is 0 Å². The van der Waals surface area contributed by atoms with Crippen LogP contribution in [0.5, 0.6) is 0 Å². The number of aromatic amines is 1. The molecule has 194 valence electrons. The molecule has 1 aliphatic carbocycles. The molecule has 0 radical (unpaired) electrons. The van der Waals surface area contributed by atoms with Crippen LogP contribution in [-0.2, 0) is 20.2 Å². The molecule has 0 saturated carbocycles. The summed E-state index contributed by atoms with van der Waals surface area (Å²) in [7, 11) is -3.73. The Morgan fingerprint density at radius 2 is 1.76 bits per heavy atom. The van der Waals surface area contributed by atoms with Gasteiger partial charge in [-0.1, -0.05) is 45.0 Å². The lowest BCUT2D eigenvalue weighted by molar-refractivity contribution is -0.122. The van der Waals surface area contributed by atoms with Crippen molar-refractivity contribution in [2.75, 3.05) is 11.6 Å². The fraction of sp³-hybridized carbons (Fsp3) is 0.259. The molecule has 2 amide bonds. The van der Waals surface area contributed by atoms with Crippen molar-refractivity contribution in [3.8, 4) is 0 Å². The number of carbonyl (C=O) groups excluding carboxylic acids is 2. The van der Waals surface area contributed by atoms with Crippen molar-refractivity contribution >= 4 is 38.4 Å². The number of allylic oxidation sites excluding steroid dienone is 1. The van der Waals surface area contributed by atoms with Gasteiger partial charge in [0.05, 0.1) is 6.26 Å². The molecule has 8 nitrogen and oxygen atoms in total. The van der Waals surface area contributed by atoms with Crippen LogP contribution in [0.1, 0.15) is 36.7 Å². The second-order valence-electron chi connectivity index (χ2n) is 10.1. The van der Waals surface area contributed by atoms with Gasteiger partial charge in [-0.3, -0.25) is 14.3 Å². The monoisotopic (exact) mass is 524 g/mol. The second kappa shape index (κ2) is 9.51. The standard InChI is InChI=1S/C27H29FN4O4S/c1-26(2,3)19-8-5-18(6-9-19)24(33)31-27(28)16-21(32-37(4,35)36)11-12-22(27)25(34)30-20-10-7-17-13-14-29-23(17)15-20/h5-16,22,29,32H,1-4H3,(H,30,34)(H,31,33). The number of benzene rings is 2. The minimum Gasteiger partial charge on any atom is -0.361 e. The summed E-state index contributed by atoms with van der Waals surface area (Å²) in [5.41, 5.74) is 2.17. The Hall–Kier alpha value is -3.92. The summed E-state index contributed by atoms with van der Waals surface area (Å²) in [6.07, 6.45) is 6.10. The smallest absolute Gasteiger partial charge is 0.253 e. The molecule has 2 aromatic carbocycles. The molecule has 10 heteroatoms. The molecule has 0 aliphatic heterocycles. The Bertz CT molecular complexity index is 1520. The van der Waals surface area contributed by atoms with E-state index in [9.17, 15) is 18.0 Å². The number of alkyl halides is 1. The molecule has 37 heavy (non-hydrogen) atoms. The van der Waals surface area contributed by atoms with E-state index in [0.29, 0.717) is 5.69 Å². The molecule has 0 bridgehead atoms. The van der Waals surface area contributed by atoms with Crippen LogP contribution >= 0.6 is 0 Å². The van der Waals surface area contributed by atoms with Crippen molar-refractivity contribution in [3.05, 3.63) is 89.8 Å². The maximum absolute atomic E-state index is 16.5. The van der Waals surface area contributed by atoms with Crippen molar-refractivity contribution in [1.29, 1.82) is 0 Å². The molecule has 4 N–H and O–H groups in total. The number of nitrogens with one attached hydrogen (secondary N) is 4. The Kier molecular flexibility index (Phi) is 6.72. The number of anilines is 1. The van der Waals surface area contributed by atoms with Crippen LogP contribution in [0.25, 0.3) is 10.9 Å². The molecule has 1 heterocycles. The summed E-state index contributed by atoms with van der Waals surface area (Å²) < 4.78 is 42.1. The lowest BCUT2D eigenvalue weighted by Crippen LogP contribution is -2.53. The van der Waals surface area contributed by atoms with Gasteiger partial charge in [-0.05, 0) is 58.8 Å². The highest BCUT2D eigenvalue weighted by Gasteiger charge is 2.44. The van der Waals surface area contributed by atoms with E-state index < -0.39 is 33.5 Å². The van der Waals surface area contributed by atoms with Gasteiger partial charge in [-0.25, -0.2) is 12.8 Å². The zero-order valence-electron chi connectivity index (χ0n) is 20.9. The lowest BCUT2D eigenvalue weighted by Gasteiger charge is -2.32. The van der Waals surface area contributed by atoms with Crippen LogP contribution in [0.15, 0.2) is 78.7 Å². The van der Waals surface area contributed by atoms with Gasteiger partial charge in [0, 0.05) is 28.7 Å². The molecule has 0 spiro atoms. The third kappa shape index (κ3) is 6.08. The highest BCUT2D eigenvalue weighted by molar-refractivity contribution is 7.88.